The third kappa shape index (κ3) is 3.22. The van der Waals surface area contributed by atoms with Crippen LogP contribution in [0, 0.1) is 5.41 Å². The van der Waals surface area contributed by atoms with Crippen LogP contribution in [0.25, 0.3) is 0 Å². The molecule has 0 aliphatic carbocycles. The van der Waals surface area contributed by atoms with Crippen LogP contribution in [0.1, 0.15) is 34.1 Å². The summed E-state index contributed by atoms with van der Waals surface area (Å²) in [5, 5.41) is 2.90. The van der Waals surface area contributed by atoms with Crippen molar-refractivity contribution in [1.29, 1.82) is 0 Å². The first-order chi connectivity index (χ1) is 5.44. The van der Waals surface area contributed by atoms with Gasteiger partial charge in [-0.05, 0) is 27.2 Å². The average Bonchev–Trinajstić information content (AvgIpc) is 2.04. The van der Waals surface area contributed by atoms with Crippen molar-refractivity contribution in [2.75, 3.05) is 6.54 Å². The van der Waals surface area contributed by atoms with Crippen molar-refractivity contribution >= 4 is 5.91 Å². The smallest absolute Gasteiger partial charge is 0.227 e. The average molecular weight is 172 g/mol. The third-order valence-electron chi connectivity index (χ3n) is 2.11. The summed E-state index contributed by atoms with van der Waals surface area (Å²) in [5.74, 6) is 0.0411. The molecule has 1 unspecified atom stereocenters. The van der Waals surface area contributed by atoms with Gasteiger partial charge in [0.15, 0.2) is 0 Å². The summed E-state index contributed by atoms with van der Waals surface area (Å²) >= 11 is 0. The molecular formula is C9H20N2O. The molecule has 0 rings (SSSR count). The van der Waals surface area contributed by atoms with Crippen LogP contribution < -0.4 is 11.1 Å². The highest BCUT2D eigenvalue weighted by molar-refractivity contribution is 5.82. The largest absolute Gasteiger partial charge is 0.353 e. The number of nitrogens with two attached hydrogens (primary N) is 1. The zero-order valence-electron chi connectivity index (χ0n) is 8.48. The van der Waals surface area contributed by atoms with Crippen molar-refractivity contribution in [1.82, 2.24) is 5.32 Å². The van der Waals surface area contributed by atoms with E-state index in [9.17, 15) is 4.79 Å². The van der Waals surface area contributed by atoms with E-state index in [-0.39, 0.29) is 11.9 Å². The molecule has 1 amide bonds. The first-order valence-electron chi connectivity index (χ1n) is 4.45. The van der Waals surface area contributed by atoms with Crippen molar-refractivity contribution in [3.63, 3.8) is 0 Å². The van der Waals surface area contributed by atoms with Crippen LogP contribution in [-0.4, -0.2) is 18.5 Å². The van der Waals surface area contributed by atoms with Crippen LogP contribution >= 0.6 is 0 Å². The molecule has 1 atom stereocenters. The maximum absolute atomic E-state index is 11.5. The van der Waals surface area contributed by atoms with Crippen molar-refractivity contribution in [3.05, 3.63) is 0 Å². The van der Waals surface area contributed by atoms with Gasteiger partial charge in [0.1, 0.15) is 0 Å². The molecule has 0 aromatic heterocycles. The number of hydrogen-bond donors (Lipinski definition) is 2. The Kier molecular flexibility index (Phi) is 4.24. The molecule has 0 heterocycles. The SMILES string of the molecule is CCC(C)NC(=O)C(C)(C)CN. The van der Waals surface area contributed by atoms with E-state index in [1.165, 1.54) is 0 Å². The Morgan fingerprint density at radius 2 is 2.08 bits per heavy atom. The van der Waals surface area contributed by atoms with Gasteiger partial charge >= 0.3 is 0 Å². The molecule has 3 heteroatoms. The lowest BCUT2D eigenvalue weighted by atomic mass is 9.92. The van der Waals surface area contributed by atoms with Gasteiger partial charge in [-0.2, -0.15) is 0 Å². The summed E-state index contributed by atoms with van der Waals surface area (Å²) in [7, 11) is 0. The fourth-order valence-corrected chi connectivity index (χ4v) is 0.614. The standard InChI is InChI=1S/C9H20N2O/c1-5-7(2)11-8(12)9(3,4)6-10/h7H,5-6,10H2,1-4H3,(H,11,12). The fraction of sp³-hybridized carbons (Fsp3) is 0.889. The number of carbonyl (C=O) groups is 1. The number of nitrogens with one attached hydrogen (secondary N) is 1. The highest BCUT2D eigenvalue weighted by atomic mass is 16.2. The van der Waals surface area contributed by atoms with Crippen LogP contribution in [0.5, 0.6) is 0 Å². The molecule has 0 aromatic carbocycles. The summed E-state index contributed by atoms with van der Waals surface area (Å²) in [5.41, 5.74) is 5.02. The van der Waals surface area contributed by atoms with Crippen molar-refractivity contribution in [2.24, 2.45) is 11.1 Å². The lowest BCUT2D eigenvalue weighted by Gasteiger charge is -2.23. The molecule has 0 spiro atoms. The molecule has 12 heavy (non-hydrogen) atoms. The van der Waals surface area contributed by atoms with Crippen molar-refractivity contribution < 1.29 is 4.79 Å². The van der Waals surface area contributed by atoms with Gasteiger partial charge in [-0.15, -0.1) is 0 Å². The Hall–Kier alpha value is -0.570. The van der Waals surface area contributed by atoms with Crippen LogP contribution in [0.2, 0.25) is 0 Å². The minimum atomic E-state index is -0.441. The van der Waals surface area contributed by atoms with Gasteiger partial charge in [-0.1, -0.05) is 6.92 Å². The van der Waals surface area contributed by atoms with Crippen LogP contribution in [-0.2, 0) is 4.79 Å². The highest BCUT2D eigenvalue weighted by Crippen LogP contribution is 2.12. The van der Waals surface area contributed by atoms with E-state index in [0.29, 0.717) is 6.54 Å². The van der Waals surface area contributed by atoms with Crippen LogP contribution in [0.3, 0.4) is 0 Å². The Morgan fingerprint density at radius 3 is 2.42 bits per heavy atom. The summed E-state index contributed by atoms with van der Waals surface area (Å²) in [6, 6.07) is 0.239. The zero-order chi connectivity index (χ0) is 9.78. The van der Waals surface area contributed by atoms with E-state index in [1.807, 2.05) is 27.7 Å². The van der Waals surface area contributed by atoms with E-state index >= 15 is 0 Å². The topological polar surface area (TPSA) is 55.1 Å². The molecule has 0 aliphatic rings. The molecule has 0 aromatic rings. The second-order valence-electron chi connectivity index (χ2n) is 3.87. The third-order valence-corrected chi connectivity index (χ3v) is 2.11. The van der Waals surface area contributed by atoms with Crippen molar-refractivity contribution in [3.8, 4) is 0 Å². The summed E-state index contributed by atoms with van der Waals surface area (Å²) in [6.07, 6.45) is 0.951. The van der Waals surface area contributed by atoms with E-state index in [1.54, 1.807) is 0 Å². The molecule has 3 nitrogen and oxygen atoms in total. The Balaban J connectivity index is 4.03. The molecule has 0 bridgehead atoms. The minimum Gasteiger partial charge on any atom is -0.353 e. The molecule has 72 valence electrons. The number of rotatable bonds is 4. The number of amides is 1. The van der Waals surface area contributed by atoms with Crippen LogP contribution in [0.15, 0.2) is 0 Å². The van der Waals surface area contributed by atoms with Crippen molar-refractivity contribution in [2.45, 2.75) is 40.2 Å². The minimum absolute atomic E-state index is 0.0411. The fourth-order valence-electron chi connectivity index (χ4n) is 0.614. The quantitative estimate of drug-likeness (QED) is 0.661. The van der Waals surface area contributed by atoms with E-state index in [4.69, 9.17) is 5.73 Å². The number of carbonyl (C=O) groups excluding carboxylic acids is 1. The maximum atomic E-state index is 11.5. The van der Waals surface area contributed by atoms with Gasteiger partial charge in [0, 0.05) is 12.6 Å². The van der Waals surface area contributed by atoms with E-state index in [0.717, 1.165) is 6.42 Å². The van der Waals surface area contributed by atoms with Gasteiger partial charge in [-0.3, -0.25) is 4.79 Å². The zero-order valence-corrected chi connectivity index (χ0v) is 8.48. The van der Waals surface area contributed by atoms with Crippen LogP contribution in [0.4, 0.5) is 0 Å². The Morgan fingerprint density at radius 1 is 1.58 bits per heavy atom. The Bertz CT molecular complexity index is 155. The predicted octanol–water partition coefficient (Wildman–Crippen LogP) is 0.886. The van der Waals surface area contributed by atoms with E-state index < -0.39 is 5.41 Å². The monoisotopic (exact) mass is 172 g/mol. The van der Waals surface area contributed by atoms with Gasteiger partial charge in [0.05, 0.1) is 5.41 Å². The predicted molar refractivity (Wildman–Crippen MR) is 50.7 cm³/mol. The lowest BCUT2D eigenvalue weighted by Crippen LogP contribution is -2.45. The van der Waals surface area contributed by atoms with Gasteiger partial charge in [0.25, 0.3) is 0 Å². The Labute approximate surface area is 74.7 Å². The number of hydrogen-bond acceptors (Lipinski definition) is 2. The molecule has 0 saturated carbocycles. The summed E-state index contributed by atoms with van der Waals surface area (Å²) < 4.78 is 0. The molecule has 0 aliphatic heterocycles. The van der Waals surface area contributed by atoms with Gasteiger partial charge in [-0.25, -0.2) is 0 Å². The second-order valence-corrected chi connectivity index (χ2v) is 3.87. The first-order valence-corrected chi connectivity index (χ1v) is 4.45. The summed E-state index contributed by atoms with van der Waals surface area (Å²) in [4.78, 5) is 11.5. The van der Waals surface area contributed by atoms with Gasteiger partial charge in [0.2, 0.25) is 5.91 Å². The molecule has 0 radical (unpaired) electrons. The molecule has 0 fully saturated rings. The van der Waals surface area contributed by atoms with E-state index in [2.05, 4.69) is 5.32 Å². The maximum Gasteiger partial charge on any atom is 0.227 e. The summed E-state index contributed by atoms with van der Waals surface area (Å²) in [6.45, 7) is 8.12. The molecule has 3 N–H and O–H groups in total. The normalized spacial score (nSPS) is 14.1. The molecule has 0 saturated heterocycles. The second kappa shape index (κ2) is 4.45. The highest BCUT2D eigenvalue weighted by Gasteiger charge is 2.26. The molecular weight excluding hydrogens is 152 g/mol. The van der Waals surface area contributed by atoms with Gasteiger partial charge < -0.3 is 11.1 Å². The first kappa shape index (κ1) is 11.4. The lowest BCUT2D eigenvalue weighted by molar-refractivity contribution is -0.129.